The topological polar surface area (TPSA) is 139 Å². The molecule has 0 unspecified atom stereocenters. The molecule has 1 amide bonds. The lowest BCUT2D eigenvalue weighted by Gasteiger charge is -2.22. The van der Waals surface area contributed by atoms with Crippen LogP contribution in [0.25, 0.3) is 0 Å². The Morgan fingerprint density at radius 1 is 1.03 bits per heavy atom. The van der Waals surface area contributed by atoms with E-state index in [1.165, 1.54) is 6.92 Å². The van der Waals surface area contributed by atoms with Crippen molar-refractivity contribution in [2.75, 3.05) is 6.54 Å². The van der Waals surface area contributed by atoms with Gasteiger partial charge in [-0.05, 0) is 79.4 Å². The van der Waals surface area contributed by atoms with Crippen molar-refractivity contribution < 1.29 is 24.0 Å². The number of allylic oxidation sites excluding steroid dienone is 6. The van der Waals surface area contributed by atoms with E-state index in [4.69, 9.17) is 10.00 Å². The highest BCUT2D eigenvalue weighted by atomic mass is 16.6. The van der Waals surface area contributed by atoms with Crippen molar-refractivity contribution in [2.24, 2.45) is 0 Å². The summed E-state index contributed by atoms with van der Waals surface area (Å²) >= 11 is 0. The average molecular weight is 458 g/mol. The molecule has 0 atom stereocenters. The van der Waals surface area contributed by atoms with Gasteiger partial charge in [0.05, 0.1) is 4.92 Å². The number of rotatable bonds is 3. The summed E-state index contributed by atoms with van der Waals surface area (Å²) in [5.41, 5.74) is 3.51. The summed E-state index contributed by atoms with van der Waals surface area (Å²) < 4.78 is 5.15. The van der Waals surface area contributed by atoms with E-state index in [9.17, 15) is 24.5 Å². The van der Waals surface area contributed by atoms with Gasteiger partial charge in [0.15, 0.2) is 5.78 Å². The first-order valence-corrected chi connectivity index (χ1v) is 10.5. The van der Waals surface area contributed by atoms with Gasteiger partial charge in [0.1, 0.15) is 17.2 Å². The average Bonchev–Trinajstić information content (AvgIpc) is 2.65. The first kappa shape index (κ1) is 27.5. The van der Waals surface area contributed by atoms with Crippen molar-refractivity contribution in [1.29, 1.82) is 5.26 Å². The number of nitriles is 1. The lowest BCUT2D eigenvalue weighted by atomic mass is 9.87. The summed E-state index contributed by atoms with van der Waals surface area (Å²) in [5.74, 6) is -0.740. The Labute approximate surface area is 194 Å². The fourth-order valence-corrected chi connectivity index (χ4v) is 3.42. The van der Waals surface area contributed by atoms with Gasteiger partial charge in [0.25, 0.3) is 5.78 Å². The van der Waals surface area contributed by atoms with Crippen LogP contribution in [0.5, 0.6) is 0 Å². The largest absolute Gasteiger partial charge is 0.444 e. The van der Waals surface area contributed by atoms with E-state index in [0.717, 1.165) is 23.1 Å². The normalized spacial score (nSPS) is 16.9. The minimum atomic E-state index is -0.765. The summed E-state index contributed by atoms with van der Waals surface area (Å²) in [6.45, 7) is 14.5. The van der Waals surface area contributed by atoms with E-state index in [-0.39, 0.29) is 17.9 Å². The van der Waals surface area contributed by atoms with Gasteiger partial charge in [0.2, 0.25) is 0 Å². The molecule has 0 bridgehead atoms. The lowest BCUT2D eigenvalue weighted by Crippen LogP contribution is -2.35. The Kier molecular flexibility index (Phi) is 9.05. The molecule has 9 nitrogen and oxygen atoms in total. The van der Waals surface area contributed by atoms with Crippen LogP contribution in [-0.4, -0.2) is 34.7 Å². The Hall–Kier alpha value is -3.54. The van der Waals surface area contributed by atoms with Crippen LogP contribution in [0.3, 0.4) is 0 Å². The van der Waals surface area contributed by atoms with Crippen molar-refractivity contribution >= 4 is 17.7 Å². The minimum absolute atomic E-state index is 0.0253. The molecular formula is C24H31N3O6. The summed E-state index contributed by atoms with van der Waals surface area (Å²) in [5, 5.41) is 21.8. The van der Waals surface area contributed by atoms with Crippen molar-refractivity contribution in [1.82, 2.24) is 5.32 Å². The van der Waals surface area contributed by atoms with Gasteiger partial charge in [0, 0.05) is 17.7 Å². The van der Waals surface area contributed by atoms with Gasteiger partial charge in [-0.2, -0.15) is 5.26 Å². The first-order chi connectivity index (χ1) is 15.1. The van der Waals surface area contributed by atoms with E-state index < -0.39 is 28.1 Å². The highest BCUT2D eigenvalue weighted by Gasteiger charge is 2.33. The molecular weight excluding hydrogens is 426 g/mol. The second kappa shape index (κ2) is 10.9. The maximum Gasteiger partial charge on any atom is 0.407 e. The van der Waals surface area contributed by atoms with Crippen LogP contribution in [0.15, 0.2) is 44.7 Å². The van der Waals surface area contributed by atoms with E-state index in [1.54, 1.807) is 33.8 Å². The Morgan fingerprint density at radius 2 is 1.58 bits per heavy atom. The molecule has 0 aromatic heterocycles. The molecule has 2 aliphatic rings. The van der Waals surface area contributed by atoms with Gasteiger partial charge in [-0.15, -0.1) is 0 Å². The molecule has 178 valence electrons. The highest BCUT2D eigenvalue weighted by Crippen LogP contribution is 2.27. The molecule has 0 aliphatic heterocycles. The van der Waals surface area contributed by atoms with Crippen molar-refractivity contribution in [3.05, 3.63) is 54.8 Å². The minimum Gasteiger partial charge on any atom is -0.444 e. The second-order valence-electron chi connectivity index (χ2n) is 9.18. The number of nitrogens with one attached hydrogen (secondary N) is 1. The number of amides is 1. The van der Waals surface area contributed by atoms with Crippen LogP contribution in [0.2, 0.25) is 0 Å². The monoisotopic (exact) mass is 457 g/mol. The molecule has 0 aromatic carbocycles. The molecule has 0 fully saturated rings. The number of alkyl carbamates (subject to hydrolysis) is 1. The maximum atomic E-state index is 12.1. The van der Waals surface area contributed by atoms with E-state index in [0.29, 0.717) is 23.1 Å². The summed E-state index contributed by atoms with van der Waals surface area (Å²) in [7, 11) is 0. The molecule has 2 rings (SSSR count). The molecule has 0 heterocycles. The van der Waals surface area contributed by atoms with Crippen LogP contribution in [0.1, 0.15) is 68.2 Å². The van der Waals surface area contributed by atoms with Crippen LogP contribution in [0.4, 0.5) is 4.79 Å². The number of hydrogen-bond donors (Lipinski definition) is 1. The molecule has 0 saturated heterocycles. The summed E-state index contributed by atoms with van der Waals surface area (Å²) in [6.07, 6.45) is 0.623. The fourth-order valence-electron chi connectivity index (χ4n) is 3.42. The molecule has 1 N–H and O–H groups in total. The number of carbonyl (C=O) groups is 3. The Balaban J connectivity index is 0.000000346. The van der Waals surface area contributed by atoms with Gasteiger partial charge in [-0.3, -0.25) is 19.7 Å². The van der Waals surface area contributed by atoms with Crippen LogP contribution < -0.4 is 5.32 Å². The second-order valence-corrected chi connectivity index (χ2v) is 9.18. The maximum absolute atomic E-state index is 12.1. The summed E-state index contributed by atoms with van der Waals surface area (Å²) in [4.78, 5) is 45.0. The third kappa shape index (κ3) is 7.24. The zero-order chi connectivity index (χ0) is 25.7. The third-order valence-corrected chi connectivity index (χ3v) is 5.21. The number of nitrogens with zero attached hydrogens (tertiary/aromatic N) is 2. The fraction of sp³-hybridized carbons (Fsp3) is 0.500. The molecule has 0 spiro atoms. The van der Waals surface area contributed by atoms with E-state index >= 15 is 0 Å². The molecule has 2 aliphatic carbocycles. The molecule has 0 radical (unpaired) electrons. The van der Waals surface area contributed by atoms with Gasteiger partial charge >= 0.3 is 11.8 Å². The van der Waals surface area contributed by atoms with Gasteiger partial charge in [-0.1, -0.05) is 11.1 Å². The predicted molar refractivity (Wildman–Crippen MR) is 123 cm³/mol. The Bertz CT molecular complexity index is 1060. The number of ether oxygens (including phenoxy) is 1. The van der Waals surface area contributed by atoms with E-state index in [2.05, 4.69) is 5.32 Å². The standard InChI is InChI=1S/C15H23NO3.C9H8N2O3/c1-9-7-10(2)12(13(17)11(9)3)8-16-14(18)19-15(4,5)6;1-5-3-6(2)8(11(13)14)9(12)7(5)4-10/h7-8H2,1-6H3,(H,16,18);3H2,1-2H3. The van der Waals surface area contributed by atoms with E-state index in [1.807, 2.05) is 20.8 Å². The lowest BCUT2D eigenvalue weighted by molar-refractivity contribution is -0.419. The number of Topliss-reactive ketones (excluding diaryl/α,β-unsaturated/α-hetero) is 2. The molecule has 33 heavy (non-hydrogen) atoms. The molecule has 0 aromatic rings. The number of ketones is 2. The number of nitro groups is 1. The van der Waals surface area contributed by atoms with Gasteiger partial charge < -0.3 is 10.1 Å². The molecule has 0 saturated carbocycles. The van der Waals surface area contributed by atoms with Crippen LogP contribution in [-0.2, 0) is 14.3 Å². The summed E-state index contributed by atoms with van der Waals surface area (Å²) in [6, 6.07) is 1.70. The zero-order valence-electron chi connectivity index (χ0n) is 20.5. The predicted octanol–water partition coefficient (Wildman–Crippen LogP) is 4.49. The molecule has 9 heteroatoms. The third-order valence-electron chi connectivity index (χ3n) is 5.21. The van der Waals surface area contributed by atoms with Crippen LogP contribution in [0, 0.1) is 21.4 Å². The quantitative estimate of drug-likeness (QED) is 0.486. The highest BCUT2D eigenvalue weighted by molar-refractivity contribution is 6.11. The SMILES string of the molecule is CC1=C(C#N)C(=O)C([N+](=O)[O-])=C(C)C1.CC1=C(C)C(=O)C(CNC(=O)OC(C)(C)C)=C(C)C1. The van der Waals surface area contributed by atoms with Gasteiger partial charge in [-0.25, -0.2) is 4.79 Å². The van der Waals surface area contributed by atoms with Crippen LogP contribution >= 0.6 is 0 Å². The Morgan fingerprint density at radius 3 is 2.06 bits per heavy atom. The zero-order valence-corrected chi connectivity index (χ0v) is 20.5. The smallest absolute Gasteiger partial charge is 0.407 e. The van der Waals surface area contributed by atoms with Crippen molar-refractivity contribution in [3.8, 4) is 6.07 Å². The van der Waals surface area contributed by atoms with Crippen molar-refractivity contribution in [2.45, 2.75) is 73.8 Å². The number of carbonyl (C=O) groups excluding carboxylic acids is 3. The van der Waals surface area contributed by atoms with Crippen molar-refractivity contribution in [3.63, 3.8) is 0 Å². The number of hydrogen-bond acceptors (Lipinski definition) is 7. The first-order valence-electron chi connectivity index (χ1n) is 10.5.